The molecule has 27 heavy (non-hydrogen) atoms. The van der Waals surface area contributed by atoms with Crippen molar-refractivity contribution < 1.29 is 19.5 Å². The van der Waals surface area contributed by atoms with Crippen LogP contribution in [0.3, 0.4) is 0 Å². The van der Waals surface area contributed by atoms with Crippen LogP contribution in [-0.4, -0.2) is 23.3 Å². The first-order valence-corrected chi connectivity index (χ1v) is 8.26. The number of ether oxygens (including phenoxy) is 1. The van der Waals surface area contributed by atoms with E-state index in [0.29, 0.717) is 16.9 Å². The zero-order chi connectivity index (χ0) is 19.4. The van der Waals surface area contributed by atoms with Crippen LogP contribution in [0.2, 0.25) is 0 Å². The summed E-state index contributed by atoms with van der Waals surface area (Å²) >= 11 is 0. The second-order valence-electron chi connectivity index (χ2n) is 6.03. The largest absolute Gasteiger partial charge is 0.508 e. The fraction of sp³-hybridized carbons (Fsp3) is 0.0952. The molecule has 0 unspecified atom stereocenters. The molecule has 0 amide bonds. The number of phenolic OH excluding ortho intramolecular Hbond substituents is 1. The maximum absolute atomic E-state index is 13.2. The SMILES string of the molecule is COc1ccccc1-c1c(C(=NF)NO)cc(C)cc1-c1ccc(O)cc1. The number of aromatic hydroxyl groups is 1. The van der Waals surface area contributed by atoms with Crippen LogP contribution in [-0.2, 0) is 0 Å². The van der Waals surface area contributed by atoms with Gasteiger partial charge in [0.15, 0.2) is 5.84 Å². The average Bonchev–Trinajstić information content (AvgIpc) is 2.69. The summed E-state index contributed by atoms with van der Waals surface area (Å²) in [6, 6.07) is 17.7. The lowest BCUT2D eigenvalue weighted by molar-refractivity contribution is 0.232. The number of phenols is 1. The van der Waals surface area contributed by atoms with E-state index < -0.39 is 0 Å². The lowest BCUT2D eigenvalue weighted by Gasteiger charge is -2.19. The molecule has 0 aliphatic carbocycles. The summed E-state index contributed by atoms with van der Waals surface area (Å²) < 4.78 is 18.7. The summed E-state index contributed by atoms with van der Waals surface area (Å²) in [7, 11) is 1.56. The van der Waals surface area contributed by atoms with E-state index in [2.05, 4.69) is 5.21 Å². The molecule has 3 N–H and O–H groups in total. The Hall–Kier alpha value is -3.38. The summed E-state index contributed by atoms with van der Waals surface area (Å²) in [6.07, 6.45) is 0. The third kappa shape index (κ3) is 3.61. The van der Waals surface area contributed by atoms with Crippen molar-refractivity contribution in [2.45, 2.75) is 6.92 Å². The number of hydrogen-bond acceptors (Lipinski definition) is 4. The van der Waals surface area contributed by atoms with E-state index >= 15 is 0 Å². The van der Waals surface area contributed by atoms with Gasteiger partial charge in [0.05, 0.1) is 7.11 Å². The summed E-state index contributed by atoms with van der Waals surface area (Å²) in [5.41, 5.74) is 6.01. The molecule has 0 saturated heterocycles. The third-order valence-corrected chi connectivity index (χ3v) is 4.28. The molecule has 0 aliphatic heterocycles. The number of aryl methyl sites for hydroxylation is 1. The number of para-hydroxylation sites is 1. The minimum absolute atomic E-state index is 0.147. The maximum Gasteiger partial charge on any atom is 0.190 e. The highest BCUT2D eigenvalue weighted by molar-refractivity contribution is 6.08. The van der Waals surface area contributed by atoms with Gasteiger partial charge in [0.25, 0.3) is 0 Å². The lowest BCUT2D eigenvalue weighted by Crippen LogP contribution is -2.21. The normalized spacial score (nSPS) is 11.3. The molecule has 3 rings (SSSR count). The first kappa shape index (κ1) is 18.4. The van der Waals surface area contributed by atoms with Gasteiger partial charge in [0.1, 0.15) is 11.5 Å². The topological polar surface area (TPSA) is 74.1 Å². The zero-order valence-corrected chi connectivity index (χ0v) is 14.9. The van der Waals surface area contributed by atoms with Crippen molar-refractivity contribution in [1.29, 1.82) is 0 Å². The minimum Gasteiger partial charge on any atom is -0.508 e. The number of benzene rings is 3. The van der Waals surface area contributed by atoms with Crippen molar-refractivity contribution in [3.05, 3.63) is 71.8 Å². The van der Waals surface area contributed by atoms with Crippen molar-refractivity contribution >= 4 is 5.84 Å². The van der Waals surface area contributed by atoms with Crippen LogP contribution in [0, 0.1) is 6.92 Å². The lowest BCUT2D eigenvalue weighted by atomic mass is 9.88. The first-order chi connectivity index (χ1) is 13.1. The van der Waals surface area contributed by atoms with Gasteiger partial charge in [-0.15, -0.1) is 0 Å². The van der Waals surface area contributed by atoms with Gasteiger partial charge in [0, 0.05) is 16.7 Å². The molecule has 0 saturated carbocycles. The molecule has 0 spiro atoms. The Morgan fingerprint density at radius 2 is 1.74 bits per heavy atom. The number of nitrogens with one attached hydrogen (secondary N) is 1. The van der Waals surface area contributed by atoms with E-state index in [-0.39, 0.29) is 11.6 Å². The van der Waals surface area contributed by atoms with Crippen LogP contribution >= 0.6 is 0 Å². The number of halogens is 1. The second kappa shape index (κ2) is 7.88. The van der Waals surface area contributed by atoms with Crippen LogP contribution in [0.4, 0.5) is 4.48 Å². The van der Waals surface area contributed by atoms with E-state index in [1.54, 1.807) is 43.5 Å². The Labute approximate surface area is 156 Å². The first-order valence-electron chi connectivity index (χ1n) is 8.26. The van der Waals surface area contributed by atoms with Gasteiger partial charge in [-0.1, -0.05) is 46.1 Å². The van der Waals surface area contributed by atoms with Gasteiger partial charge in [0.2, 0.25) is 0 Å². The summed E-state index contributed by atoms with van der Waals surface area (Å²) in [6.45, 7) is 1.87. The van der Waals surface area contributed by atoms with Crippen LogP contribution in [0.5, 0.6) is 11.5 Å². The molecule has 0 heterocycles. The van der Waals surface area contributed by atoms with Gasteiger partial charge in [-0.05, 0) is 47.9 Å². The van der Waals surface area contributed by atoms with Crippen LogP contribution in [0.15, 0.2) is 65.9 Å². The fourth-order valence-corrected chi connectivity index (χ4v) is 3.11. The van der Waals surface area contributed by atoms with E-state index in [1.807, 2.05) is 36.7 Å². The molecular formula is C21H19FN2O3. The minimum atomic E-state index is -0.306. The van der Waals surface area contributed by atoms with Gasteiger partial charge >= 0.3 is 0 Å². The molecule has 0 bridgehead atoms. The van der Waals surface area contributed by atoms with Crippen LogP contribution in [0.1, 0.15) is 11.1 Å². The number of hydrogen-bond donors (Lipinski definition) is 3. The molecule has 3 aromatic rings. The highest BCUT2D eigenvalue weighted by atomic mass is 19.2. The molecule has 6 heteroatoms. The molecule has 0 aliphatic rings. The Kier molecular flexibility index (Phi) is 5.38. The number of rotatable bonds is 4. The predicted molar refractivity (Wildman–Crippen MR) is 103 cm³/mol. The van der Waals surface area contributed by atoms with Crippen molar-refractivity contribution in [1.82, 2.24) is 5.48 Å². The molecule has 0 atom stereocenters. The number of nitrogens with zero attached hydrogens (tertiary/aromatic N) is 1. The predicted octanol–water partition coefficient (Wildman–Crippen LogP) is 4.65. The zero-order valence-electron chi connectivity index (χ0n) is 14.9. The van der Waals surface area contributed by atoms with E-state index in [4.69, 9.17) is 4.74 Å². The standard InChI is InChI=1S/C21H19FN2O3/c1-13-11-17(14-7-9-15(25)10-8-14)20(18(12-13)21(23-22)24-26)16-5-3-4-6-19(16)27-2/h3-12,25-26H,1-2H3,(H,23,24). The number of amidine groups is 1. The number of methoxy groups -OCH3 is 1. The third-order valence-electron chi connectivity index (χ3n) is 4.28. The second-order valence-corrected chi connectivity index (χ2v) is 6.03. The summed E-state index contributed by atoms with van der Waals surface area (Å²) in [4.78, 5) is 0. The van der Waals surface area contributed by atoms with Gasteiger partial charge in [-0.2, -0.15) is 0 Å². The average molecular weight is 366 g/mol. The Morgan fingerprint density at radius 3 is 2.37 bits per heavy atom. The highest BCUT2D eigenvalue weighted by Crippen LogP contribution is 2.40. The monoisotopic (exact) mass is 366 g/mol. The molecule has 5 nitrogen and oxygen atoms in total. The van der Waals surface area contributed by atoms with E-state index in [0.717, 1.165) is 22.3 Å². The summed E-state index contributed by atoms with van der Waals surface area (Å²) in [5, 5.41) is 21.7. The molecule has 0 fully saturated rings. The molecule has 0 radical (unpaired) electrons. The molecular weight excluding hydrogens is 347 g/mol. The Balaban J connectivity index is 2.41. The van der Waals surface area contributed by atoms with E-state index in [9.17, 15) is 14.8 Å². The summed E-state index contributed by atoms with van der Waals surface area (Å²) in [5.74, 6) is 0.437. The van der Waals surface area contributed by atoms with Crippen molar-refractivity contribution in [2.24, 2.45) is 5.21 Å². The smallest absolute Gasteiger partial charge is 0.190 e. The fourth-order valence-electron chi connectivity index (χ4n) is 3.11. The van der Waals surface area contributed by atoms with Crippen molar-refractivity contribution in [3.63, 3.8) is 0 Å². The molecule has 3 aromatic carbocycles. The highest BCUT2D eigenvalue weighted by Gasteiger charge is 2.20. The van der Waals surface area contributed by atoms with Gasteiger partial charge < -0.3 is 9.84 Å². The Morgan fingerprint density at radius 1 is 1.04 bits per heavy atom. The molecule has 0 aromatic heterocycles. The van der Waals surface area contributed by atoms with Gasteiger partial charge in [-0.25, -0.2) is 5.48 Å². The molecule has 138 valence electrons. The van der Waals surface area contributed by atoms with Crippen LogP contribution < -0.4 is 10.2 Å². The van der Waals surface area contributed by atoms with Crippen molar-refractivity contribution in [2.75, 3.05) is 7.11 Å². The van der Waals surface area contributed by atoms with Gasteiger partial charge in [-0.3, -0.25) is 5.21 Å². The quantitative estimate of drug-likeness (QED) is 0.357. The van der Waals surface area contributed by atoms with Crippen LogP contribution in [0.25, 0.3) is 22.3 Å². The maximum atomic E-state index is 13.2. The van der Waals surface area contributed by atoms with E-state index in [1.165, 1.54) is 0 Å². The van der Waals surface area contributed by atoms with Crippen molar-refractivity contribution in [3.8, 4) is 33.8 Å². The number of hydroxylamine groups is 1. The Bertz CT molecular complexity index is 985.